The number of carbonyl (C=O) groups is 2. The molecule has 0 radical (unpaired) electrons. The van der Waals surface area contributed by atoms with Crippen LogP contribution in [0.3, 0.4) is 0 Å². The number of amides is 1. The number of hydrogen-bond acceptors (Lipinski definition) is 4. The van der Waals surface area contributed by atoms with Crippen LogP contribution in [0.1, 0.15) is 35.3 Å². The number of carboxylic acid groups (broad SMARTS) is 1. The van der Waals surface area contributed by atoms with Crippen molar-refractivity contribution in [2.45, 2.75) is 33.3 Å². The number of aromatic carboxylic acids is 1. The lowest BCUT2D eigenvalue weighted by Gasteiger charge is -2.16. The molecule has 26 heavy (non-hydrogen) atoms. The quantitative estimate of drug-likeness (QED) is 0.790. The fraction of sp³-hybridized carbons (Fsp3) is 0.300. The van der Waals surface area contributed by atoms with Gasteiger partial charge in [-0.25, -0.2) is 4.79 Å². The van der Waals surface area contributed by atoms with Crippen molar-refractivity contribution in [2.24, 2.45) is 0 Å². The number of rotatable bonds is 7. The monoisotopic (exact) mass is 357 g/mol. The molecule has 2 N–H and O–H groups in total. The highest BCUT2D eigenvalue weighted by atomic mass is 16.5. The van der Waals surface area contributed by atoms with E-state index in [4.69, 9.17) is 14.6 Å². The van der Waals surface area contributed by atoms with Crippen LogP contribution < -0.4 is 14.8 Å². The second kappa shape index (κ2) is 8.38. The summed E-state index contributed by atoms with van der Waals surface area (Å²) >= 11 is 0. The van der Waals surface area contributed by atoms with E-state index in [2.05, 4.69) is 5.32 Å². The van der Waals surface area contributed by atoms with Crippen LogP contribution in [0.15, 0.2) is 36.4 Å². The molecule has 0 aliphatic rings. The van der Waals surface area contributed by atoms with Gasteiger partial charge in [0.25, 0.3) is 0 Å². The fourth-order valence-electron chi connectivity index (χ4n) is 2.47. The standard InChI is InChI=1S/C20H23NO5/c1-12(2)26-17-8-7-15(20(23)24)11-16(17)21-19(22)10-14-6-5-13(3)18(9-14)25-4/h5-9,11-12H,10H2,1-4H3,(H,21,22)(H,23,24). The molecule has 0 fully saturated rings. The summed E-state index contributed by atoms with van der Waals surface area (Å²) in [7, 11) is 1.58. The van der Waals surface area contributed by atoms with E-state index in [1.807, 2.05) is 39.0 Å². The largest absolute Gasteiger partial charge is 0.496 e. The molecule has 0 unspecified atom stereocenters. The molecule has 1 amide bonds. The zero-order valence-electron chi connectivity index (χ0n) is 15.3. The van der Waals surface area contributed by atoms with Gasteiger partial charge in [-0.3, -0.25) is 4.79 Å². The average molecular weight is 357 g/mol. The van der Waals surface area contributed by atoms with Crippen molar-refractivity contribution in [2.75, 3.05) is 12.4 Å². The topological polar surface area (TPSA) is 84.9 Å². The summed E-state index contributed by atoms with van der Waals surface area (Å²) in [6.07, 6.45) is 0.0254. The van der Waals surface area contributed by atoms with Gasteiger partial charge in [0.2, 0.25) is 5.91 Å². The third kappa shape index (κ3) is 4.99. The van der Waals surface area contributed by atoms with Gasteiger partial charge in [0, 0.05) is 0 Å². The Morgan fingerprint density at radius 3 is 2.46 bits per heavy atom. The molecule has 0 spiro atoms. The van der Waals surface area contributed by atoms with Crippen LogP contribution in [0.4, 0.5) is 5.69 Å². The molecule has 0 saturated heterocycles. The maximum atomic E-state index is 12.4. The molecule has 0 aliphatic carbocycles. The summed E-state index contributed by atoms with van der Waals surface area (Å²) in [5, 5.41) is 11.9. The molecule has 0 aromatic heterocycles. The van der Waals surface area contributed by atoms with E-state index in [1.54, 1.807) is 13.2 Å². The molecule has 138 valence electrons. The molecule has 2 aromatic carbocycles. The number of carbonyl (C=O) groups excluding carboxylic acids is 1. The SMILES string of the molecule is COc1cc(CC(=O)Nc2cc(C(=O)O)ccc2OC(C)C)ccc1C. The smallest absolute Gasteiger partial charge is 0.335 e. The molecule has 2 aromatic rings. The highest BCUT2D eigenvalue weighted by Crippen LogP contribution is 2.27. The van der Waals surface area contributed by atoms with Crippen molar-refractivity contribution in [3.8, 4) is 11.5 Å². The number of benzene rings is 2. The lowest BCUT2D eigenvalue weighted by Crippen LogP contribution is -2.17. The van der Waals surface area contributed by atoms with Crippen LogP contribution in [0.5, 0.6) is 11.5 Å². The summed E-state index contributed by atoms with van der Waals surface area (Å²) in [5.74, 6) is -0.196. The highest BCUT2D eigenvalue weighted by molar-refractivity contribution is 5.96. The predicted octanol–water partition coefficient (Wildman–Crippen LogP) is 3.67. The lowest BCUT2D eigenvalue weighted by atomic mass is 10.1. The zero-order chi connectivity index (χ0) is 19.3. The van der Waals surface area contributed by atoms with E-state index in [1.165, 1.54) is 12.1 Å². The second-order valence-corrected chi connectivity index (χ2v) is 6.21. The highest BCUT2D eigenvalue weighted by Gasteiger charge is 2.14. The summed E-state index contributed by atoms with van der Waals surface area (Å²) in [5.41, 5.74) is 2.19. The van der Waals surface area contributed by atoms with E-state index in [-0.39, 0.29) is 24.0 Å². The average Bonchev–Trinajstić information content (AvgIpc) is 2.57. The third-order valence-electron chi connectivity index (χ3n) is 3.70. The number of methoxy groups -OCH3 is 1. The van der Waals surface area contributed by atoms with Gasteiger partial charge >= 0.3 is 5.97 Å². The Morgan fingerprint density at radius 2 is 1.85 bits per heavy atom. The number of ether oxygens (including phenoxy) is 2. The number of nitrogens with one attached hydrogen (secondary N) is 1. The Balaban J connectivity index is 2.21. The van der Waals surface area contributed by atoms with Gasteiger partial charge in [0.05, 0.1) is 30.9 Å². The first-order valence-corrected chi connectivity index (χ1v) is 8.27. The second-order valence-electron chi connectivity index (χ2n) is 6.21. The molecular weight excluding hydrogens is 334 g/mol. The van der Waals surface area contributed by atoms with Crippen LogP contribution in [0, 0.1) is 6.92 Å². The minimum atomic E-state index is -1.07. The lowest BCUT2D eigenvalue weighted by molar-refractivity contribution is -0.115. The van der Waals surface area contributed by atoms with Crippen molar-refractivity contribution in [3.05, 3.63) is 53.1 Å². The number of hydrogen-bond donors (Lipinski definition) is 2. The van der Waals surface area contributed by atoms with Crippen LogP contribution in [0.2, 0.25) is 0 Å². The van der Waals surface area contributed by atoms with E-state index in [0.29, 0.717) is 17.2 Å². The van der Waals surface area contributed by atoms with Gasteiger partial charge in [-0.2, -0.15) is 0 Å². The third-order valence-corrected chi connectivity index (χ3v) is 3.70. The Labute approximate surface area is 152 Å². The van der Waals surface area contributed by atoms with Crippen LogP contribution in [-0.4, -0.2) is 30.2 Å². The Bertz CT molecular complexity index is 814. The van der Waals surface area contributed by atoms with Gasteiger partial charge < -0.3 is 19.9 Å². The minimum absolute atomic E-state index is 0.0772. The van der Waals surface area contributed by atoms with Crippen molar-refractivity contribution >= 4 is 17.6 Å². The van der Waals surface area contributed by atoms with E-state index in [9.17, 15) is 9.59 Å². The van der Waals surface area contributed by atoms with Crippen molar-refractivity contribution < 1.29 is 24.2 Å². The summed E-state index contributed by atoms with van der Waals surface area (Å²) < 4.78 is 10.9. The van der Waals surface area contributed by atoms with Gasteiger partial charge in [0.15, 0.2) is 0 Å². The number of aryl methyl sites for hydroxylation is 1. The number of carboxylic acids is 1. The van der Waals surface area contributed by atoms with Crippen molar-refractivity contribution in [1.29, 1.82) is 0 Å². The van der Waals surface area contributed by atoms with E-state index in [0.717, 1.165) is 11.1 Å². The predicted molar refractivity (Wildman–Crippen MR) is 99.2 cm³/mol. The molecule has 0 saturated carbocycles. The molecular formula is C20H23NO5. The number of anilines is 1. The van der Waals surface area contributed by atoms with Crippen molar-refractivity contribution in [1.82, 2.24) is 0 Å². The molecule has 0 atom stereocenters. The van der Waals surface area contributed by atoms with E-state index >= 15 is 0 Å². The molecule has 2 rings (SSSR count). The van der Waals surface area contributed by atoms with Gasteiger partial charge in [-0.1, -0.05) is 12.1 Å². The Morgan fingerprint density at radius 1 is 1.12 bits per heavy atom. The molecule has 0 bridgehead atoms. The maximum Gasteiger partial charge on any atom is 0.335 e. The van der Waals surface area contributed by atoms with Crippen LogP contribution in [0.25, 0.3) is 0 Å². The first kappa shape index (κ1) is 19.3. The van der Waals surface area contributed by atoms with Gasteiger partial charge in [-0.15, -0.1) is 0 Å². The molecule has 6 nitrogen and oxygen atoms in total. The Hall–Kier alpha value is -3.02. The zero-order valence-corrected chi connectivity index (χ0v) is 15.3. The minimum Gasteiger partial charge on any atom is -0.496 e. The summed E-state index contributed by atoms with van der Waals surface area (Å²) in [4.78, 5) is 23.6. The van der Waals surface area contributed by atoms with Crippen LogP contribution in [-0.2, 0) is 11.2 Å². The molecule has 0 heterocycles. The van der Waals surface area contributed by atoms with Gasteiger partial charge in [0.1, 0.15) is 11.5 Å². The fourth-order valence-corrected chi connectivity index (χ4v) is 2.47. The molecule has 6 heteroatoms. The van der Waals surface area contributed by atoms with Crippen molar-refractivity contribution in [3.63, 3.8) is 0 Å². The molecule has 0 aliphatic heterocycles. The Kier molecular flexibility index (Phi) is 6.22. The normalized spacial score (nSPS) is 10.5. The first-order chi connectivity index (χ1) is 12.3. The first-order valence-electron chi connectivity index (χ1n) is 8.27. The summed E-state index contributed by atoms with van der Waals surface area (Å²) in [6, 6.07) is 9.95. The maximum absolute atomic E-state index is 12.4. The van der Waals surface area contributed by atoms with Crippen LogP contribution >= 0.6 is 0 Å². The van der Waals surface area contributed by atoms with Gasteiger partial charge in [-0.05, 0) is 56.2 Å². The van der Waals surface area contributed by atoms with E-state index < -0.39 is 5.97 Å². The summed E-state index contributed by atoms with van der Waals surface area (Å²) in [6.45, 7) is 5.64.